The lowest BCUT2D eigenvalue weighted by Crippen LogP contribution is -2.50. The zero-order valence-corrected chi connectivity index (χ0v) is 23.6. The first kappa shape index (κ1) is 29.7. The highest BCUT2D eigenvalue weighted by Crippen LogP contribution is 2.25. The number of rotatable bonds is 11. The SMILES string of the molecule is CCOC(=O)Cn1cc2c(n1)CCN(C(=O)[C@H](Cc1ccc([N+](=O)[O-])cc1)NC(=O)c1ccc(SC=N)cc1Cl)C2. The topological polar surface area (TPSA) is 161 Å². The van der Waals surface area contributed by atoms with Crippen molar-refractivity contribution in [2.75, 3.05) is 13.2 Å². The molecule has 14 heteroatoms. The summed E-state index contributed by atoms with van der Waals surface area (Å²) in [6, 6.07) is 9.56. The van der Waals surface area contributed by atoms with Crippen LogP contribution >= 0.6 is 23.4 Å². The van der Waals surface area contributed by atoms with Gasteiger partial charge in [-0.25, -0.2) is 0 Å². The number of non-ortho nitro benzene ring substituents is 1. The van der Waals surface area contributed by atoms with E-state index in [0.29, 0.717) is 23.4 Å². The van der Waals surface area contributed by atoms with Crippen LogP contribution in [-0.2, 0) is 40.3 Å². The first-order chi connectivity index (χ1) is 19.7. The Labute approximate surface area is 244 Å². The van der Waals surface area contributed by atoms with E-state index < -0.39 is 22.8 Å². The molecule has 2 N–H and O–H groups in total. The van der Waals surface area contributed by atoms with E-state index in [1.807, 2.05) is 0 Å². The molecular formula is C27H27ClN6O6S. The summed E-state index contributed by atoms with van der Waals surface area (Å²) in [5, 5.41) is 25.7. The van der Waals surface area contributed by atoms with Crippen LogP contribution in [0.5, 0.6) is 0 Å². The molecular weight excluding hydrogens is 572 g/mol. The van der Waals surface area contributed by atoms with E-state index in [9.17, 15) is 24.5 Å². The van der Waals surface area contributed by atoms with Gasteiger partial charge in [0.1, 0.15) is 12.6 Å². The first-order valence-corrected chi connectivity index (χ1v) is 13.9. The summed E-state index contributed by atoms with van der Waals surface area (Å²) in [6.45, 7) is 2.54. The highest BCUT2D eigenvalue weighted by molar-refractivity contribution is 8.12. The number of nitro groups is 1. The standard InChI is InChI=1S/C27H27ClN6O6S/c1-2-40-25(35)15-33-14-18-13-32(10-9-23(18)31-33)27(37)24(11-17-3-5-19(6-4-17)34(38)39)30-26(36)21-8-7-20(41-16-29)12-22(21)28/h3-8,12,14,16,24,29H,2,9-11,13,15H2,1H3,(H,30,36)/t24-/m0/s1. The molecule has 1 atom stereocenters. The Hall–Kier alpha value is -4.23. The smallest absolute Gasteiger partial charge is 0.327 e. The van der Waals surface area contributed by atoms with Crippen LogP contribution in [0, 0.1) is 15.5 Å². The van der Waals surface area contributed by atoms with E-state index in [2.05, 4.69) is 10.4 Å². The molecule has 1 aliphatic heterocycles. The van der Waals surface area contributed by atoms with Gasteiger partial charge in [-0.1, -0.05) is 35.5 Å². The number of esters is 1. The summed E-state index contributed by atoms with van der Waals surface area (Å²) >= 11 is 7.48. The van der Waals surface area contributed by atoms with Crippen LogP contribution in [0.3, 0.4) is 0 Å². The zero-order chi connectivity index (χ0) is 29.5. The van der Waals surface area contributed by atoms with Crippen LogP contribution in [0.2, 0.25) is 5.02 Å². The van der Waals surface area contributed by atoms with Crippen molar-refractivity contribution in [1.82, 2.24) is 20.0 Å². The Morgan fingerprint density at radius 3 is 2.68 bits per heavy atom. The second kappa shape index (κ2) is 13.4. The van der Waals surface area contributed by atoms with Crippen molar-refractivity contribution in [3.8, 4) is 0 Å². The number of aromatic nitrogens is 2. The molecule has 4 rings (SSSR count). The average molecular weight is 599 g/mol. The van der Waals surface area contributed by atoms with Gasteiger partial charge in [-0.2, -0.15) is 5.10 Å². The maximum atomic E-state index is 13.8. The summed E-state index contributed by atoms with van der Waals surface area (Å²) in [7, 11) is 0. The number of hydrogen-bond acceptors (Lipinski definition) is 9. The third-order valence-electron chi connectivity index (χ3n) is 6.38. The molecule has 3 aromatic rings. The number of amides is 2. The molecule has 1 aromatic heterocycles. The molecule has 2 aromatic carbocycles. The summed E-state index contributed by atoms with van der Waals surface area (Å²) in [4.78, 5) is 51.8. The summed E-state index contributed by atoms with van der Waals surface area (Å²) in [5.74, 6) is -1.30. The highest BCUT2D eigenvalue weighted by Gasteiger charge is 2.31. The average Bonchev–Trinajstić information content (AvgIpc) is 3.34. The fourth-order valence-electron chi connectivity index (χ4n) is 4.45. The number of nitro benzene ring substituents is 1. The number of carbonyl (C=O) groups is 3. The summed E-state index contributed by atoms with van der Waals surface area (Å²) in [6.07, 6.45) is 2.27. The van der Waals surface area contributed by atoms with Crippen molar-refractivity contribution in [2.45, 2.75) is 43.8 Å². The van der Waals surface area contributed by atoms with Gasteiger partial charge >= 0.3 is 5.97 Å². The van der Waals surface area contributed by atoms with E-state index in [4.69, 9.17) is 21.7 Å². The predicted octanol–water partition coefficient (Wildman–Crippen LogP) is 3.63. The monoisotopic (exact) mass is 598 g/mol. The van der Waals surface area contributed by atoms with Crippen molar-refractivity contribution < 1.29 is 24.0 Å². The summed E-state index contributed by atoms with van der Waals surface area (Å²) < 4.78 is 6.48. The molecule has 2 amide bonds. The minimum Gasteiger partial charge on any atom is -0.465 e. The molecule has 0 saturated heterocycles. The number of carbonyl (C=O) groups excluding carboxylic acids is 3. The van der Waals surface area contributed by atoms with E-state index in [1.165, 1.54) is 22.9 Å². The summed E-state index contributed by atoms with van der Waals surface area (Å²) in [5.41, 5.74) is 3.43. The normalized spacial score (nSPS) is 13.2. The van der Waals surface area contributed by atoms with Gasteiger partial charge in [-0.15, -0.1) is 0 Å². The Morgan fingerprint density at radius 2 is 2.02 bits per heavy atom. The van der Waals surface area contributed by atoms with Gasteiger partial charge in [0, 0.05) is 54.7 Å². The number of thioether (sulfide) groups is 1. The van der Waals surface area contributed by atoms with Crippen LogP contribution in [0.4, 0.5) is 5.69 Å². The molecule has 12 nitrogen and oxygen atoms in total. The molecule has 2 heterocycles. The Morgan fingerprint density at radius 1 is 1.27 bits per heavy atom. The Bertz CT molecular complexity index is 1480. The largest absolute Gasteiger partial charge is 0.465 e. The first-order valence-electron chi connectivity index (χ1n) is 12.7. The third kappa shape index (κ3) is 7.50. The molecule has 0 radical (unpaired) electrons. The van der Waals surface area contributed by atoms with Gasteiger partial charge < -0.3 is 20.4 Å². The Balaban J connectivity index is 1.54. The third-order valence-corrected chi connectivity index (χ3v) is 7.34. The van der Waals surface area contributed by atoms with Gasteiger partial charge in [-0.3, -0.25) is 29.2 Å². The molecule has 214 valence electrons. The molecule has 0 fully saturated rings. The molecule has 41 heavy (non-hydrogen) atoms. The van der Waals surface area contributed by atoms with Crippen molar-refractivity contribution in [3.63, 3.8) is 0 Å². The van der Waals surface area contributed by atoms with E-state index in [0.717, 1.165) is 28.6 Å². The van der Waals surface area contributed by atoms with Crippen molar-refractivity contribution in [2.24, 2.45) is 0 Å². The van der Waals surface area contributed by atoms with Gasteiger partial charge in [0.25, 0.3) is 11.6 Å². The second-order valence-corrected chi connectivity index (χ2v) is 10.5. The van der Waals surface area contributed by atoms with E-state index >= 15 is 0 Å². The van der Waals surface area contributed by atoms with Gasteiger partial charge in [0.05, 0.1) is 33.4 Å². The van der Waals surface area contributed by atoms with Gasteiger partial charge in [0.2, 0.25) is 5.91 Å². The molecule has 0 bridgehead atoms. The van der Waals surface area contributed by atoms with Crippen LogP contribution in [-0.4, -0.2) is 62.1 Å². The molecule has 0 aliphatic carbocycles. The van der Waals surface area contributed by atoms with Crippen LogP contribution < -0.4 is 5.32 Å². The highest BCUT2D eigenvalue weighted by atomic mass is 35.5. The van der Waals surface area contributed by atoms with Crippen LogP contribution in [0.25, 0.3) is 0 Å². The molecule has 0 spiro atoms. The number of ether oxygens (including phenoxy) is 1. The number of benzene rings is 2. The minimum atomic E-state index is -0.994. The number of halogens is 1. The maximum Gasteiger partial charge on any atom is 0.327 e. The number of hydrogen-bond donors (Lipinski definition) is 2. The lowest BCUT2D eigenvalue weighted by molar-refractivity contribution is -0.384. The number of fused-ring (bicyclic) bond motifs is 1. The molecule has 0 unspecified atom stereocenters. The number of nitrogens with zero attached hydrogens (tertiary/aromatic N) is 4. The second-order valence-electron chi connectivity index (χ2n) is 9.14. The fraction of sp³-hybridized carbons (Fsp3) is 0.296. The van der Waals surface area contributed by atoms with E-state index in [-0.39, 0.29) is 48.3 Å². The quantitative estimate of drug-likeness (QED) is 0.0844. The van der Waals surface area contributed by atoms with Crippen molar-refractivity contribution in [1.29, 1.82) is 5.41 Å². The van der Waals surface area contributed by atoms with Gasteiger partial charge in [0.15, 0.2) is 0 Å². The molecule has 1 aliphatic rings. The van der Waals surface area contributed by atoms with Crippen LogP contribution in [0.15, 0.2) is 53.6 Å². The maximum absolute atomic E-state index is 13.8. The Kier molecular flexibility index (Phi) is 9.73. The molecule has 0 saturated carbocycles. The van der Waals surface area contributed by atoms with Gasteiger partial charge in [-0.05, 0) is 30.7 Å². The lowest BCUT2D eigenvalue weighted by atomic mass is 10.0. The zero-order valence-electron chi connectivity index (χ0n) is 22.0. The van der Waals surface area contributed by atoms with Crippen molar-refractivity contribution in [3.05, 3.63) is 86.2 Å². The van der Waals surface area contributed by atoms with Crippen LogP contribution in [0.1, 0.15) is 34.1 Å². The minimum absolute atomic E-state index is 0.0362. The lowest BCUT2D eigenvalue weighted by Gasteiger charge is -2.30. The predicted molar refractivity (Wildman–Crippen MR) is 152 cm³/mol. The van der Waals surface area contributed by atoms with Crippen molar-refractivity contribution >= 4 is 52.4 Å². The number of nitrogens with one attached hydrogen (secondary N) is 2. The fourth-order valence-corrected chi connectivity index (χ4v) is 5.25. The van der Waals surface area contributed by atoms with E-state index in [1.54, 1.807) is 42.3 Å².